The maximum Gasteiger partial charge on any atom is 0.471 e. The van der Waals surface area contributed by atoms with Crippen LogP contribution in [0.3, 0.4) is 0 Å². The Morgan fingerprint density at radius 2 is 1.89 bits per heavy atom. The standard InChI is InChI=1S/C11H14F3NO3/c1-2-3-4-5-6-7-8(9(16)17)15-10(18)11(12,13)14/h1,8H,3-7H2,(H,15,18)(H,16,17). The minimum Gasteiger partial charge on any atom is -0.480 e. The zero-order valence-electron chi connectivity index (χ0n) is 9.59. The monoisotopic (exact) mass is 265 g/mol. The SMILES string of the molecule is C#CCCCCCC(NC(=O)C(F)(F)F)C(=O)O. The van der Waals surface area contributed by atoms with Gasteiger partial charge in [-0.25, -0.2) is 4.79 Å². The number of halogens is 3. The van der Waals surface area contributed by atoms with Crippen LogP contribution in [-0.2, 0) is 9.59 Å². The molecule has 0 aromatic carbocycles. The zero-order valence-corrected chi connectivity index (χ0v) is 9.59. The third-order valence-corrected chi connectivity index (χ3v) is 2.17. The highest BCUT2D eigenvalue weighted by molar-refractivity contribution is 5.86. The summed E-state index contributed by atoms with van der Waals surface area (Å²) in [4.78, 5) is 21.3. The first kappa shape index (κ1) is 16.3. The molecule has 0 saturated carbocycles. The second-order valence-electron chi connectivity index (χ2n) is 3.67. The fourth-order valence-electron chi connectivity index (χ4n) is 1.25. The van der Waals surface area contributed by atoms with Crippen molar-refractivity contribution in [2.45, 2.75) is 44.3 Å². The Labute approximate surface area is 103 Å². The Kier molecular flexibility index (Phi) is 6.86. The molecule has 1 atom stereocenters. The van der Waals surface area contributed by atoms with E-state index in [9.17, 15) is 22.8 Å². The lowest BCUT2D eigenvalue weighted by molar-refractivity contribution is -0.175. The molecule has 0 aromatic rings. The number of alkyl halides is 3. The Morgan fingerprint density at radius 1 is 1.28 bits per heavy atom. The number of nitrogens with one attached hydrogen (secondary N) is 1. The van der Waals surface area contributed by atoms with Gasteiger partial charge in [-0.3, -0.25) is 4.79 Å². The molecule has 0 bridgehead atoms. The van der Waals surface area contributed by atoms with E-state index in [2.05, 4.69) is 5.92 Å². The largest absolute Gasteiger partial charge is 0.480 e. The summed E-state index contributed by atoms with van der Waals surface area (Å²) in [6.45, 7) is 0. The van der Waals surface area contributed by atoms with Crippen molar-refractivity contribution in [3.8, 4) is 12.3 Å². The number of hydrogen-bond acceptors (Lipinski definition) is 2. The zero-order chi connectivity index (χ0) is 14.2. The molecule has 2 N–H and O–H groups in total. The first-order chi connectivity index (χ1) is 8.29. The number of carboxylic acid groups (broad SMARTS) is 1. The van der Waals surface area contributed by atoms with E-state index in [-0.39, 0.29) is 6.42 Å². The molecule has 1 amide bonds. The van der Waals surface area contributed by atoms with E-state index in [1.54, 1.807) is 0 Å². The van der Waals surface area contributed by atoms with Gasteiger partial charge in [0.05, 0.1) is 0 Å². The highest BCUT2D eigenvalue weighted by Gasteiger charge is 2.40. The normalized spacial score (nSPS) is 12.6. The molecule has 0 fully saturated rings. The molecule has 18 heavy (non-hydrogen) atoms. The van der Waals surface area contributed by atoms with Crippen LogP contribution in [0.4, 0.5) is 13.2 Å². The molecule has 0 aliphatic heterocycles. The molecule has 0 aliphatic carbocycles. The van der Waals surface area contributed by atoms with Crippen LogP contribution in [0.25, 0.3) is 0 Å². The van der Waals surface area contributed by atoms with Crippen LogP contribution < -0.4 is 5.32 Å². The number of amides is 1. The van der Waals surface area contributed by atoms with E-state index in [0.717, 1.165) is 0 Å². The number of terminal acetylenes is 1. The molecule has 1 unspecified atom stereocenters. The van der Waals surface area contributed by atoms with Gasteiger partial charge in [-0.15, -0.1) is 12.3 Å². The molecule has 0 aromatic heterocycles. The molecule has 102 valence electrons. The summed E-state index contributed by atoms with van der Waals surface area (Å²) in [6, 6.07) is -1.52. The number of carbonyl (C=O) groups excluding carboxylic acids is 1. The van der Waals surface area contributed by atoms with E-state index < -0.39 is 24.1 Å². The Balaban J connectivity index is 4.13. The molecule has 0 aliphatic rings. The van der Waals surface area contributed by atoms with E-state index in [1.165, 1.54) is 5.32 Å². The molecule has 0 saturated heterocycles. The van der Waals surface area contributed by atoms with Crippen LogP contribution in [-0.4, -0.2) is 29.2 Å². The van der Waals surface area contributed by atoms with E-state index in [0.29, 0.717) is 25.7 Å². The Morgan fingerprint density at radius 3 is 2.33 bits per heavy atom. The van der Waals surface area contributed by atoms with Crippen molar-refractivity contribution in [3.05, 3.63) is 0 Å². The van der Waals surface area contributed by atoms with Crippen LogP contribution in [0, 0.1) is 12.3 Å². The minimum absolute atomic E-state index is 0.0538. The smallest absolute Gasteiger partial charge is 0.471 e. The van der Waals surface area contributed by atoms with Crippen LogP contribution in [0.15, 0.2) is 0 Å². The number of unbranched alkanes of at least 4 members (excludes halogenated alkanes) is 3. The third kappa shape index (κ3) is 6.78. The van der Waals surface area contributed by atoms with Crippen molar-refractivity contribution in [3.63, 3.8) is 0 Å². The lowest BCUT2D eigenvalue weighted by Gasteiger charge is -2.15. The number of aliphatic carboxylic acids is 1. The fourth-order valence-corrected chi connectivity index (χ4v) is 1.25. The van der Waals surface area contributed by atoms with Crippen LogP contribution in [0.2, 0.25) is 0 Å². The van der Waals surface area contributed by atoms with Crippen LogP contribution >= 0.6 is 0 Å². The molecule has 0 heterocycles. The molecule has 0 spiro atoms. The van der Waals surface area contributed by atoms with Gasteiger partial charge in [0.25, 0.3) is 0 Å². The van der Waals surface area contributed by atoms with Gasteiger partial charge in [-0.1, -0.05) is 12.8 Å². The van der Waals surface area contributed by atoms with Crippen molar-refractivity contribution < 1.29 is 27.9 Å². The first-order valence-corrected chi connectivity index (χ1v) is 5.33. The lowest BCUT2D eigenvalue weighted by atomic mass is 10.1. The maximum absolute atomic E-state index is 11.9. The quantitative estimate of drug-likeness (QED) is 0.544. The predicted molar refractivity (Wildman–Crippen MR) is 57.5 cm³/mol. The summed E-state index contributed by atoms with van der Waals surface area (Å²) in [7, 11) is 0. The second-order valence-corrected chi connectivity index (χ2v) is 3.67. The van der Waals surface area contributed by atoms with Gasteiger partial charge in [0.1, 0.15) is 6.04 Å². The Hall–Kier alpha value is -1.71. The average molecular weight is 265 g/mol. The van der Waals surface area contributed by atoms with Crippen LogP contribution in [0.5, 0.6) is 0 Å². The minimum atomic E-state index is -5.07. The van der Waals surface area contributed by atoms with Gasteiger partial charge in [0.2, 0.25) is 0 Å². The van der Waals surface area contributed by atoms with Gasteiger partial charge >= 0.3 is 18.1 Å². The fraction of sp³-hybridized carbons (Fsp3) is 0.636. The van der Waals surface area contributed by atoms with Crippen LogP contribution in [0.1, 0.15) is 32.1 Å². The highest BCUT2D eigenvalue weighted by Crippen LogP contribution is 2.15. The van der Waals surface area contributed by atoms with Crippen molar-refractivity contribution in [1.29, 1.82) is 0 Å². The maximum atomic E-state index is 11.9. The van der Waals surface area contributed by atoms with E-state index in [4.69, 9.17) is 11.5 Å². The van der Waals surface area contributed by atoms with Gasteiger partial charge in [0.15, 0.2) is 0 Å². The van der Waals surface area contributed by atoms with E-state index in [1.807, 2.05) is 0 Å². The number of hydrogen-bond donors (Lipinski definition) is 2. The Bertz CT molecular complexity index is 333. The molecular weight excluding hydrogens is 251 g/mol. The topological polar surface area (TPSA) is 66.4 Å². The van der Waals surface area contributed by atoms with Crippen molar-refractivity contribution in [2.24, 2.45) is 0 Å². The summed E-state index contributed by atoms with van der Waals surface area (Å²) in [5.74, 6) is -1.32. The third-order valence-electron chi connectivity index (χ3n) is 2.17. The molecule has 0 rings (SSSR count). The predicted octanol–water partition coefficient (Wildman–Crippen LogP) is 1.70. The number of carboxylic acids is 1. The average Bonchev–Trinajstić information content (AvgIpc) is 2.25. The number of rotatable bonds is 7. The van der Waals surface area contributed by atoms with Crippen molar-refractivity contribution in [2.75, 3.05) is 0 Å². The lowest BCUT2D eigenvalue weighted by Crippen LogP contribution is -2.46. The molecule has 4 nitrogen and oxygen atoms in total. The summed E-state index contributed by atoms with van der Waals surface area (Å²) in [5.41, 5.74) is 0. The summed E-state index contributed by atoms with van der Waals surface area (Å²) in [5, 5.41) is 10.1. The van der Waals surface area contributed by atoms with Crippen molar-refractivity contribution in [1.82, 2.24) is 5.32 Å². The summed E-state index contributed by atoms with van der Waals surface area (Å²) < 4.78 is 35.8. The van der Waals surface area contributed by atoms with E-state index >= 15 is 0 Å². The molecule has 7 heteroatoms. The first-order valence-electron chi connectivity index (χ1n) is 5.33. The second kappa shape index (κ2) is 7.58. The highest BCUT2D eigenvalue weighted by atomic mass is 19.4. The summed E-state index contributed by atoms with van der Waals surface area (Å²) in [6.07, 6.45) is 2.08. The van der Waals surface area contributed by atoms with Gasteiger partial charge < -0.3 is 10.4 Å². The molecular formula is C11H14F3NO3. The summed E-state index contributed by atoms with van der Waals surface area (Å²) >= 11 is 0. The van der Waals surface area contributed by atoms with Gasteiger partial charge in [-0.05, 0) is 12.8 Å². The van der Waals surface area contributed by atoms with Gasteiger partial charge in [0, 0.05) is 6.42 Å². The van der Waals surface area contributed by atoms with Gasteiger partial charge in [-0.2, -0.15) is 13.2 Å². The number of carbonyl (C=O) groups is 2. The molecule has 0 radical (unpaired) electrons. The van der Waals surface area contributed by atoms with Crippen molar-refractivity contribution >= 4 is 11.9 Å².